The van der Waals surface area contributed by atoms with E-state index in [-0.39, 0.29) is 6.04 Å². The van der Waals surface area contributed by atoms with Gasteiger partial charge in [0, 0.05) is 29.5 Å². The van der Waals surface area contributed by atoms with Gasteiger partial charge in [-0.1, -0.05) is 18.2 Å². The molecule has 0 bridgehead atoms. The lowest BCUT2D eigenvalue weighted by atomic mass is 10.00. The first-order valence-corrected chi connectivity index (χ1v) is 7.33. The molecule has 0 aliphatic carbocycles. The first kappa shape index (κ1) is 15.5. The van der Waals surface area contributed by atoms with Gasteiger partial charge in [-0.2, -0.15) is 0 Å². The summed E-state index contributed by atoms with van der Waals surface area (Å²) in [4.78, 5) is 4.58. The molecule has 0 aliphatic rings. The van der Waals surface area contributed by atoms with Crippen LogP contribution in [0.1, 0.15) is 41.0 Å². The minimum atomic E-state index is 0.253. The van der Waals surface area contributed by atoms with E-state index in [0.717, 1.165) is 23.7 Å². The number of aromatic nitrogens is 1. The number of ether oxygens (including phenoxy) is 1. The van der Waals surface area contributed by atoms with Crippen molar-refractivity contribution in [3.8, 4) is 5.75 Å². The van der Waals surface area contributed by atoms with Gasteiger partial charge < -0.3 is 10.1 Å². The zero-order valence-electron chi connectivity index (χ0n) is 13.5. The number of pyridine rings is 1. The van der Waals surface area contributed by atoms with Crippen LogP contribution in [0.4, 0.5) is 0 Å². The molecular weight excluding hydrogens is 260 g/mol. The molecule has 1 N–H and O–H groups in total. The molecule has 2 rings (SSSR count). The van der Waals surface area contributed by atoms with Crippen molar-refractivity contribution < 1.29 is 4.74 Å². The Labute approximate surface area is 127 Å². The molecule has 1 heterocycles. The summed E-state index contributed by atoms with van der Waals surface area (Å²) in [6.45, 7) is 9.23. The van der Waals surface area contributed by atoms with Gasteiger partial charge in [0.1, 0.15) is 5.75 Å². The highest BCUT2D eigenvalue weighted by Gasteiger charge is 2.13. The SMILES string of the molecule is COc1ccccc1CNC(C)c1c(C)cc(C)nc1C. The number of hydrogen-bond donors (Lipinski definition) is 1. The van der Waals surface area contributed by atoms with Crippen LogP contribution < -0.4 is 10.1 Å². The van der Waals surface area contributed by atoms with E-state index in [9.17, 15) is 0 Å². The molecule has 3 heteroatoms. The first-order chi connectivity index (χ1) is 10.0. The smallest absolute Gasteiger partial charge is 0.123 e. The van der Waals surface area contributed by atoms with Gasteiger partial charge in [-0.15, -0.1) is 0 Å². The predicted octanol–water partition coefficient (Wildman–Crippen LogP) is 3.87. The van der Waals surface area contributed by atoms with Crippen molar-refractivity contribution in [2.24, 2.45) is 0 Å². The van der Waals surface area contributed by atoms with E-state index in [1.54, 1.807) is 7.11 Å². The number of para-hydroxylation sites is 1. The average molecular weight is 284 g/mol. The Morgan fingerprint density at radius 2 is 1.90 bits per heavy atom. The molecule has 2 aromatic rings. The van der Waals surface area contributed by atoms with Gasteiger partial charge in [0.15, 0.2) is 0 Å². The van der Waals surface area contributed by atoms with Gasteiger partial charge in [-0.05, 0) is 51.0 Å². The molecule has 0 aliphatic heterocycles. The van der Waals surface area contributed by atoms with Crippen molar-refractivity contribution in [2.45, 2.75) is 40.3 Å². The summed E-state index contributed by atoms with van der Waals surface area (Å²) in [5, 5.41) is 3.57. The van der Waals surface area contributed by atoms with Crippen molar-refractivity contribution in [2.75, 3.05) is 7.11 Å². The maximum atomic E-state index is 5.39. The molecule has 112 valence electrons. The quantitative estimate of drug-likeness (QED) is 0.905. The molecule has 1 aromatic heterocycles. The van der Waals surface area contributed by atoms with Gasteiger partial charge in [0.05, 0.1) is 7.11 Å². The van der Waals surface area contributed by atoms with Gasteiger partial charge in [0.2, 0.25) is 0 Å². The highest BCUT2D eigenvalue weighted by atomic mass is 16.5. The van der Waals surface area contributed by atoms with Gasteiger partial charge in [-0.25, -0.2) is 0 Å². The van der Waals surface area contributed by atoms with Crippen LogP contribution in [0.15, 0.2) is 30.3 Å². The van der Waals surface area contributed by atoms with Crippen LogP contribution in [-0.2, 0) is 6.54 Å². The first-order valence-electron chi connectivity index (χ1n) is 7.33. The third-order valence-corrected chi connectivity index (χ3v) is 3.81. The lowest BCUT2D eigenvalue weighted by Crippen LogP contribution is -2.20. The summed E-state index contributed by atoms with van der Waals surface area (Å²) in [5.41, 5.74) is 5.93. The molecule has 0 radical (unpaired) electrons. The summed E-state index contributed by atoms with van der Waals surface area (Å²) in [7, 11) is 1.71. The van der Waals surface area contributed by atoms with Crippen LogP contribution >= 0.6 is 0 Å². The number of rotatable bonds is 5. The number of hydrogen-bond acceptors (Lipinski definition) is 3. The fourth-order valence-electron chi connectivity index (χ4n) is 2.90. The third-order valence-electron chi connectivity index (χ3n) is 3.81. The fourth-order valence-corrected chi connectivity index (χ4v) is 2.90. The molecule has 1 atom stereocenters. The second-order valence-corrected chi connectivity index (χ2v) is 5.49. The Morgan fingerprint density at radius 3 is 2.57 bits per heavy atom. The Balaban J connectivity index is 2.14. The Bertz CT molecular complexity index is 599. The minimum absolute atomic E-state index is 0.253. The maximum Gasteiger partial charge on any atom is 0.123 e. The lowest BCUT2D eigenvalue weighted by molar-refractivity contribution is 0.406. The molecule has 0 amide bonds. The number of benzene rings is 1. The lowest BCUT2D eigenvalue weighted by Gasteiger charge is -2.20. The predicted molar refractivity (Wildman–Crippen MR) is 86.7 cm³/mol. The Kier molecular flexibility index (Phi) is 4.97. The van der Waals surface area contributed by atoms with Crippen molar-refractivity contribution in [3.05, 3.63) is 58.4 Å². The molecular formula is C18H24N2O. The molecule has 1 unspecified atom stereocenters. The van der Waals surface area contributed by atoms with Crippen molar-refractivity contribution in [1.29, 1.82) is 0 Å². The molecule has 1 aromatic carbocycles. The normalized spacial score (nSPS) is 12.2. The van der Waals surface area contributed by atoms with Crippen molar-refractivity contribution in [3.63, 3.8) is 0 Å². The number of methoxy groups -OCH3 is 1. The van der Waals surface area contributed by atoms with Crippen LogP contribution in [0, 0.1) is 20.8 Å². The summed E-state index contributed by atoms with van der Waals surface area (Å²) in [6.07, 6.45) is 0. The van der Waals surface area contributed by atoms with Crippen LogP contribution in [0.3, 0.4) is 0 Å². The molecule has 21 heavy (non-hydrogen) atoms. The number of aryl methyl sites for hydroxylation is 3. The minimum Gasteiger partial charge on any atom is -0.496 e. The van der Waals surface area contributed by atoms with E-state index >= 15 is 0 Å². The second-order valence-electron chi connectivity index (χ2n) is 5.49. The van der Waals surface area contributed by atoms with E-state index in [0.29, 0.717) is 0 Å². The summed E-state index contributed by atoms with van der Waals surface area (Å²) in [5.74, 6) is 0.924. The number of nitrogens with zero attached hydrogens (tertiary/aromatic N) is 1. The second kappa shape index (κ2) is 6.72. The number of nitrogens with one attached hydrogen (secondary N) is 1. The molecule has 0 saturated carbocycles. The third kappa shape index (κ3) is 3.61. The summed E-state index contributed by atoms with van der Waals surface area (Å²) < 4.78 is 5.39. The van der Waals surface area contributed by atoms with Crippen LogP contribution in [0.5, 0.6) is 5.75 Å². The van der Waals surface area contributed by atoms with E-state index < -0.39 is 0 Å². The standard InChI is InChI=1S/C18H24N2O/c1-12-10-13(2)20-15(4)18(12)14(3)19-11-16-8-6-7-9-17(16)21-5/h6-10,14,19H,11H2,1-5H3. The summed E-state index contributed by atoms with van der Waals surface area (Å²) >= 11 is 0. The Morgan fingerprint density at radius 1 is 1.19 bits per heavy atom. The van der Waals surface area contributed by atoms with E-state index in [1.165, 1.54) is 16.7 Å². The van der Waals surface area contributed by atoms with E-state index in [1.807, 2.05) is 25.1 Å². The van der Waals surface area contributed by atoms with Crippen LogP contribution in [-0.4, -0.2) is 12.1 Å². The highest BCUT2D eigenvalue weighted by molar-refractivity contribution is 5.35. The molecule has 0 spiro atoms. The Hall–Kier alpha value is -1.87. The van der Waals surface area contributed by atoms with Crippen molar-refractivity contribution >= 4 is 0 Å². The maximum absolute atomic E-state index is 5.39. The average Bonchev–Trinajstić information content (AvgIpc) is 2.44. The van der Waals surface area contributed by atoms with Crippen LogP contribution in [0.25, 0.3) is 0 Å². The molecule has 3 nitrogen and oxygen atoms in total. The zero-order valence-corrected chi connectivity index (χ0v) is 13.5. The molecule has 0 fully saturated rings. The van der Waals surface area contributed by atoms with Gasteiger partial charge >= 0.3 is 0 Å². The van der Waals surface area contributed by atoms with Crippen LogP contribution in [0.2, 0.25) is 0 Å². The van der Waals surface area contributed by atoms with Crippen molar-refractivity contribution in [1.82, 2.24) is 10.3 Å². The zero-order chi connectivity index (χ0) is 15.4. The fraction of sp³-hybridized carbons (Fsp3) is 0.389. The van der Waals surface area contributed by atoms with Gasteiger partial charge in [0.25, 0.3) is 0 Å². The topological polar surface area (TPSA) is 34.1 Å². The van der Waals surface area contributed by atoms with E-state index in [4.69, 9.17) is 4.74 Å². The van der Waals surface area contributed by atoms with Gasteiger partial charge in [-0.3, -0.25) is 4.98 Å². The monoisotopic (exact) mass is 284 g/mol. The largest absolute Gasteiger partial charge is 0.496 e. The molecule has 0 saturated heterocycles. The highest BCUT2D eigenvalue weighted by Crippen LogP contribution is 2.23. The van der Waals surface area contributed by atoms with E-state index in [2.05, 4.69) is 43.2 Å². The summed E-state index contributed by atoms with van der Waals surface area (Å²) in [6, 6.07) is 10.5.